The van der Waals surface area contributed by atoms with E-state index in [2.05, 4.69) is 61.8 Å². The van der Waals surface area contributed by atoms with Crippen molar-refractivity contribution in [1.29, 1.82) is 0 Å². The van der Waals surface area contributed by atoms with Crippen LogP contribution in [0.5, 0.6) is 0 Å². The molecule has 8 rings (SSSR count). The molecule has 6 N–H and O–H groups in total. The van der Waals surface area contributed by atoms with Crippen LogP contribution in [0.1, 0.15) is 78.2 Å². The van der Waals surface area contributed by atoms with Crippen LogP contribution < -0.4 is 10.6 Å². The first-order chi connectivity index (χ1) is 28.6. The normalized spacial score (nSPS) is 17.4. The summed E-state index contributed by atoms with van der Waals surface area (Å²) in [4.78, 5) is 70.4. The highest BCUT2D eigenvalue weighted by molar-refractivity contribution is 5.88. The number of carbonyl (C=O) groups excluding carboxylic acids is 2. The van der Waals surface area contributed by atoms with Crippen molar-refractivity contribution in [1.82, 2.24) is 40.4 Å². The molecule has 0 aliphatic carbocycles. The number of hydrogen-bond donors (Lipinski definition) is 6. The van der Waals surface area contributed by atoms with Gasteiger partial charge in [-0.15, -0.1) is 0 Å². The number of rotatable bonds is 11. The van der Waals surface area contributed by atoms with Crippen LogP contribution in [-0.4, -0.2) is 77.0 Å². The van der Waals surface area contributed by atoms with Crippen LogP contribution in [0.15, 0.2) is 116 Å². The van der Waals surface area contributed by atoms with Crippen molar-refractivity contribution in [3.63, 3.8) is 0 Å². The van der Waals surface area contributed by atoms with Crippen molar-refractivity contribution in [2.45, 2.75) is 56.8 Å². The highest BCUT2D eigenvalue weighted by Crippen LogP contribution is 2.37. The summed E-state index contributed by atoms with van der Waals surface area (Å²) in [6, 6.07) is 29.5. The molecule has 0 spiro atoms. The number of likely N-dealkylation sites (tertiary alicyclic amines) is 2. The second-order valence-electron chi connectivity index (χ2n) is 14.9. The average Bonchev–Trinajstić information content (AvgIpc) is 4.09. The second kappa shape index (κ2) is 16.7. The van der Waals surface area contributed by atoms with Gasteiger partial charge in [0.2, 0.25) is 0 Å². The van der Waals surface area contributed by atoms with Crippen molar-refractivity contribution in [3.8, 4) is 33.6 Å². The third-order valence-corrected chi connectivity index (χ3v) is 11.2. The van der Waals surface area contributed by atoms with E-state index in [9.17, 15) is 29.4 Å². The van der Waals surface area contributed by atoms with E-state index in [0.717, 1.165) is 52.0 Å². The Balaban J connectivity index is 0.948. The summed E-state index contributed by atoms with van der Waals surface area (Å²) in [5, 5.41) is 23.8. The number of nitrogens with zero attached hydrogens (tertiary/aromatic N) is 4. The van der Waals surface area contributed by atoms with Gasteiger partial charge in [-0.3, -0.25) is 9.59 Å². The number of nitrogens with one attached hydrogen (secondary N) is 4. The van der Waals surface area contributed by atoms with E-state index in [1.165, 1.54) is 0 Å². The van der Waals surface area contributed by atoms with Gasteiger partial charge in [0, 0.05) is 13.1 Å². The van der Waals surface area contributed by atoms with Gasteiger partial charge in [-0.1, -0.05) is 97.1 Å². The van der Waals surface area contributed by atoms with E-state index in [4.69, 9.17) is 0 Å². The Kier molecular flexibility index (Phi) is 10.9. The first-order valence-electron chi connectivity index (χ1n) is 19.7. The molecular weight excluding hydrogens is 749 g/mol. The van der Waals surface area contributed by atoms with E-state index >= 15 is 0 Å². The van der Waals surface area contributed by atoms with Crippen molar-refractivity contribution in [2.75, 3.05) is 13.1 Å². The minimum atomic E-state index is -1.26. The molecule has 2 aliphatic heterocycles. The predicted molar refractivity (Wildman–Crippen MR) is 220 cm³/mol. The Hall–Kier alpha value is -7.22. The molecular formula is C45H44N8O6. The van der Waals surface area contributed by atoms with Crippen LogP contribution >= 0.6 is 0 Å². The smallest absolute Gasteiger partial charge is 0.405 e. The lowest BCUT2D eigenvalue weighted by Crippen LogP contribution is -2.42. The molecule has 2 aliphatic rings. The predicted octanol–water partition coefficient (Wildman–Crippen LogP) is 7.79. The highest BCUT2D eigenvalue weighted by atomic mass is 16.4. The van der Waals surface area contributed by atoms with Gasteiger partial charge in [0.1, 0.15) is 23.7 Å². The number of aromatic nitrogens is 4. The molecule has 2 unspecified atom stereocenters. The van der Waals surface area contributed by atoms with Crippen LogP contribution in [0.3, 0.4) is 0 Å². The lowest BCUT2D eigenvalue weighted by molar-refractivity contribution is -0.135. The minimum absolute atomic E-state index is 0.308. The van der Waals surface area contributed by atoms with Gasteiger partial charge in [0.05, 0.1) is 35.9 Å². The van der Waals surface area contributed by atoms with Gasteiger partial charge in [0.25, 0.3) is 11.8 Å². The van der Waals surface area contributed by atoms with Crippen molar-refractivity contribution in [3.05, 3.63) is 144 Å². The maximum Gasteiger partial charge on any atom is 0.405 e. The summed E-state index contributed by atoms with van der Waals surface area (Å²) in [6.45, 7) is 3.06. The number of benzene rings is 4. The van der Waals surface area contributed by atoms with Gasteiger partial charge in [-0.2, -0.15) is 0 Å². The van der Waals surface area contributed by atoms with Gasteiger partial charge in [0.15, 0.2) is 0 Å². The highest BCUT2D eigenvalue weighted by Gasteiger charge is 2.38. The topological polar surface area (TPSA) is 197 Å². The van der Waals surface area contributed by atoms with Gasteiger partial charge in [-0.05, 0) is 77.6 Å². The number of aryl methyl sites for hydroxylation is 1. The lowest BCUT2D eigenvalue weighted by atomic mass is 9.96. The number of H-pyrrole nitrogens is 2. The zero-order valence-corrected chi connectivity index (χ0v) is 32.3. The largest absolute Gasteiger partial charge is 0.465 e. The third-order valence-electron chi connectivity index (χ3n) is 11.2. The second-order valence-corrected chi connectivity index (χ2v) is 14.9. The molecule has 300 valence electrons. The Morgan fingerprint density at radius 2 is 1.07 bits per heavy atom. The first kappa shape index (κ1) is 38.6. The zero-order valence-electron chi connectivity index (χ0n) is 32.3. The molecule has 0 bridgehead atoms. The number of amides is 4. The molecule has 4 amide bonds. The molecule has 2 aromatic heterocycles. The van der Waals surface area contributed by atoms with Crippen molar-refractivity contribution in [2.24, 2.45) is 0 Å². The number of carboxylic acid groups (broad SMARTS) is 2. The first-order valence-corrected chi connectivity index (χ1v) is 19.7. The molecule has 59 heavy (non-hydrogen) atoms. The minimum Gasteiger partial charge on any atom is -0.465 e. The maximum atomic E-state index is 13.8. The molecule has 4 atom stereocenters. The number of aromatic amines is 2. The zero-order chi connectivity index (χ0) is 41.0. The molecule has 0 radical (unpaired) electrons. The van der Waals surface area contributed by atoms with E-state index < -0.39 is 24.3 Å². The molecule has 14 nitrogen and oxygen atoms in total. The average molecular weight is 793 g/mol. The summed E-state index contributed by atoms with van der Waals surface area (Å²) in [5.74, 6) is 0.695. The van der Waals surface area contributed by atoms with Gasteiger partial charge < -0.3 is 40.6 Å². The lowest BCUT2D eigenvalue weighted by Gasteiger charge is -2.28. The standard InChI is InChI=1S/C45H44N8O6/c1-27-24-32(35-26-47-41(49-35)37-15-9-23-53(37)43(55)39(51-45(58)59)31-12-6-3-7-13-31)20-21-33(27)28-16-18-29(19-17-28)34-25-46-40(48-34)36-14-8-22-52(36)42(54)38(50-44(56)57)30-10-4-2-5-11-30/h2-7,10-13,16-21,24-26,36-39,50-51H,8-9,14-15,22-23H2,1H3,(H,46,48)(H,47,49)(H,56,57)(H,58,59)/t36?,37-,38?,39+/m0/s1. The number of hydrogen-bond acceptors (Lipinski definition) is 6. The molecule has 14 heteroatoms. The summed E-state index contributed by atoms with van der Waals surface area (Å²) in [5.41, 5.74) is 7.85. The van der Waals surface area contributed by atoms with Crippen molar-refractivity contribution >= 4 is 24.0 Å². The van der Waals surface area contributed by atoms with E-state index in [1.54, 1.807) is 70.7 Å². The Morgan fingerprint density at radius 3 is 1.53 bits per heavy atom. The quantitative estimate of drug-likeness (QED) is 0.0765. The Labute approximate surface area is 340 Å². The maximum absolute atomic E-state index is 13.8. The molecule has 2 fully saturated rings. The summed E-state index contributed by atoms with van der Waals surface area (Å²) >= 11 is 0. The molecule has 4 aromatic carbocycles. The van der Waals surface area contributed by atoms with Crippen molar-refractivity contribution < 1.29 is 29.4 Å². The van der Waals surface area contributed by atoms with Gasteiger partial charge >= 0.3 is 12.2 Å². The Bertz CT molecular complexity index is 2470. The van der Waals surface area contributed by atoms with E-state index in [1.807, 2.05) is 30.3 Å². The summed E-state index contributed by atoms with van der Waals surface area (Å²) in [7, 11) is 0. The van der Waals surface area contributed by atoms with Crippen LogP contribution in [0.4, 0.5) is 9.59 Å². The van der Waals surface area contributed by atoms with E-state index in [0.29, 0.717) is 48.7 Å². The Morgan fingerprint density at radius 1 is 0.627 bits per heavy atom. The van der Waals surface area contributed by atoms with Crippen LogP contribution in [0, 0.1) is 6.92 Å². The number of carbonyl (C=O) groups is 4. The fraction of sp³-hybridized carbons (Fsp3) is 0.244. The fourth-order valence-electron chi connectivity index (χ4n) is 8.36. The summed E-state index contributed by atoms with van der Waals surface area (Å²) in [6.07, 6.45) is 3.99. The van der Waals surface area contributed by atoms with Gasteiger partial charge in [-0.25, -0.2) is 19.6 Å². The molecule has 4 heterocycles. The SMILES string of the molecule is Cc1cc(-c2cnc([C@@H]3CCCN3C(=O)[C@H](NC(=O)O)c3ccccc3)[nH]2)ccc1-c1ccc(-c2cnc(C3CCCN3C(=O)C(NC(=O)O)c3ccccc3)[nH]2)cc1. The fourth-order valence-corrected chi connectivity index (χ4v) is 8.36. The molecule has 6 aromatic rings. The summed E-state index contributed by atoms with van der Waals surface area (Å²) < 4.78 is 0. The monoisotopic (exact) mass is 792 g/mol. The number of imidazole rings is 2. The molecule has 2 saturated heterocycles. The third kappa shape index (κ3) is 8.15. The van der Waals surface area contributed by atoms with Crippen LogP contribution in [0.25, 0.3) is 33.6 Å². The molecule has 0 saturated carbocycles. The van der Waals surface area contributed by atoms with Crippen LogP contribution in [-0.2, 0) is 9.59 Å². The van der Waals surface area contributed by atoms with Crippen LogP contribution in [0.2, 0.25) is 0 Å². The van der Waals surface area contributed by atoms with E-state index in [-0.39, 0.29) is 23.9 Å².